The van der Waals surface area contributed by atoms with Crippen molar-refractivity contribution in [3.63, 3.8) is 0 Å². The van der Waals surface area contributed by atoms with Crippen molar-refractivity contribution >= 4 is 38.6 Å². The van der Waals surface area contributed by atoms with E-state index < -0.39 is 11.0 Å². The van der Waals surface area contributed by atoms with Gasteiger partial charge in [-0.3, -0.25) is 9.52 Å². The van der Waals surface area contributed by atoms with Crippen LogP contribution in [0.5, 0.6) is 0 Å². The fourth-order valence-electron chi connectivity index (χ4n) is 3.67. The summed E-state index contributed by atoms with van der Waals surface area (Å²) < 4.78 is 16.0. The third-order valence-electron chi connectivity index (χ3n) is 5.32. The number of likely N-dealkylation sites (N-methyl/N-ethyl adjacent to an activating group) is 1. The number of amides is 1. The van der Waals surface area contributed by atoms with E-state index in [1.165, 1.54) is 6.08 Å². The first-order chi connectivity index (χ1) is 14.1. The highest BCUT2D eigenvalue weighted by atomic mass is 32.2. The van der Waals surface area contributed by atoms with Crippen molar-refractivity contribution in [2.24, 2.45) is 0 Å². The number of carbonyl (C=O) groups is 1. The Morgan fingerprint density at radius 3 is 2.62 bits per heavy atom. The maximum Gasteiger partial charge on any atom is 0.258 e. The SMILES string of the molecule is CN1CCN(c2cc(-c3ccc4c(cnn4C4=CC(=O)NS4=O)c3)ccn2)CC1. The number of aromatic nitrogens is 3. The average molecular weight is 408 g/mol. The first-order valence-corrected chi connectivity index (χ1v) is 10.6. The smallest absolute Gasteiger partial charge is 0.258 e. The molecule has 1 aromatic carbocycles. The molecule has 1 amide bonds. The number of fused-ring (bicyclic) bond motifs is 1. The van der Waals surface area contributed by atoms with Gasteiger partial charge in [0.15, 0.2) is 16.0 Å². The van der Waals surface area contributed by atoms with Crippen LogP contribution in [0.15, 0.2) is 48.8 Å². The van der Waals surface area contributed by atoms with Crippen molar-refractivity contribution in [3.05, 3.63) is 48.8 Å². The van der Waals surface area contributed by atoms with Crippen molar-refractivity contribution in [3.8, 4) is 11.1 Å². The van der Waals surface area contributed by atoms with Crippen LogP contribution >= 0.6 is 0 Å². The third-order valence-corrected chi connectivity index (χ3v) is 6.38. The van der Waals surface area contributed by atoms with Gasteiger partial charge in [0, 0.05) is 43.8 Å². The molecule has 9 heteroatoms. The standard InChI is InChI=1S/C20H20N6O2S/c1-24-6-8-25(9-7-24)18-11-15(4-5-21-18)14-2-3-17-16(10-14)13-22-26(17)20-12-19(27)23-29(20)28/h2-5,10-13H,6-9H2,1H3,(H,23,27). The van der Waals surface area contributed by atoms with Gasteiger partial charge in [0.1, 0.15) is 5.82 Å². The first kappa shape index (κ1) is 18.0. The molecular weight excluding hydrogens is 388 g/mol. The van der Waals surface area contributed by atoms with E-state index in [0.29, 0.717) is 5.03 Å². The molecule has 0 radical (unpaired) electrons. The number of benzene rings is 1. The van der Waals surface area contributed by atoms with Crippen molar-refractivity contribution in [2.75, 3.05) is 38.1 Å². The monoisotopic (exact) mass is 408 g/mol. The van der Waals surface area contributed by atoms with E-state index in [9.17, 15) is 9.00 Å². The number of piperazine rings is 1. The van der Waals surface area contributed by atoms with E-state index in [-0.39, 0.29) is 5.91 Å². The van der Waals surface area contributed by atoms with Crippen molar-refractivity contribution in [1.29, 1.82) is 0 Å². The van der Waals surface area contributed by atoms with Crippen LogP contribution < -0.4 is 9.62 Å². The van der Waals surface area contributed by atoms with Crippen LogP contribution in [0.2, 0.25) is 0 Å². The minimum absolute atomic E-state index is 0.346. The number of carbonyl (C=O) groups excluding carboxylic acids is 1. The summed E-state index contributed by atoms with van der Waals surface area (Å²) in [4.78, 5) is 20.7. The molecule has 4 heterocycles. The molecule has 2 aliphatic heterocycles. The molecule has 1 N–H and O–H groups in total. The largest absolute Gasteiger partial charge is 0.354 e. The molecule has 1 fully saturated rings. The second kappa shape index (κ2) is 7.09. The van der Waals surface area contributed by atoms with E-state index >= 15 is 0 Å². The topological polar surface area (TPSA) is 83.4 Å². The van der Waals surface area contributed by atoms with E-state index in [2.05, 4.69) is 43.8 Å². The quantitative estimate of drug-likeness (QED) is 0.706. The number of pyridine rings is 1. The van der Waals surface area contributed by atoms with Crippen molar-refractivity contribution in [2.45, 2.75) is 0 Å². The summed E-state index contributed by atoms with van der Waals surface area (Å²) in [5, 5.41) is 5.59. The molecule has 2 aromatic heterocycles. The van der Waals surface area contributed by atoms with Crippen LogP contribution in [-0.4, -0.2) is 63.0 Å². The molecule has 3 aromatic rings. The van der Waals surface area contributed by atoms with Crippen molar-refractivity contribution in [1.82, 2.24) is 24.4 Å². The number of nitrogens with zero attached hydrogens (tertiary/aromatic N) is 5. The zero-order chi connectivity index (χ0) is 20.0. The lowest BCUT2D eigenvalue weighted by Crippen LogP contribution is -2.44. The normalized spacial score (nSPS) is 20.2. The predicted molar refractivity (Wildman–Crippen MR) is 113 cm³/mol. The van der Waals surface area contributed by atoms with Crippen LogP contribution in [0.4, 0.5) is 5.82 Å². The summed E-state index contributed by atoms with van der Waals surface area (Å²) in [5.74, 6) is 0.620. The molecule has 148 valence electrons. The van der Waals surface area contributed by atoms with Gasteiger partial charge in [-0.2, -0.15) is 5.10 Å². The fourth-order valence-corrected chi connectivity index (χ4v) is 4.54. The van der Waals surface area contributed by atoms with Gasteiger partial charge in [-0.15, -0.1) is 0 Å². The Morgan fingerprint density at radius 2 is 1.86 bits per heavy atom. The summed E-state index contributed by atoms with van der Waals surface area (Å²) in [6.45, 7) is 4.01. The first-order valence-electron chi connectivity index (χ1n) is 9.41. The zero-order valence-corrected chi connectivity index (χ0v) is 16.7. The molecule has 8 nitrogen and oxygen atoms in total. The molecular formula is C20H20N6O2S. The van der Waals surface area contributed by atoms with Gasteiger partial charge in [0.25, 0.3) is 5.91 Å². The number of hydrogen-bond acceptors (Lipinski definition) is 6. The minimum atomic E-state index is -1.58. The molecule has 1 saturated heterocycles. The highest BCUT2D eigenvalue weighted by Gasteiger charge is 2.23. The van der Waals surface area contributed by atoms with Crippen LogP contribution in [0.25, 0.3) is 27.1 Å². The van der Waals surface area contributed by atoms with Crippen LogP contribution in [0.3, 0.4) is 0 Å². The number of hydrogen-bond donors (Lipinski definition) is 1. The third kappa shape index (κ3) is 3.32. The van der Waals surface area contributed by atoms with Crippen LogP contribution in [0.1, 0.15) is 0 Å². The minimum Gasteiger partial charge on any atom is -0.354 e. The highest BCUT2D eigenvalue weighted by Crippen LogP contribution is 2.28. The molecule has 29 heavy (non-hydrogen) atoms. The molecule has 5 rings (SSSR count). The molecule has 0 aliphatic carbocycles. The summed E-state index contributed by atoms with van der Waals surface area (Å²) in [7, 11) is 0.557. The van der Waals surface area contributed by atoms with Gasteiger partial charge >= 0.3 is 0 Å². The molecule has 1 unspecified atom stereocenters. The van der Waals surface area contributed by atoms with Gasteiger partial charge in [-0.1, -0.05) is 6.07 Å². The zero-order valence-electron chi connectivity index (χ0n) is 15.9. The summed E-state index contributed by atoms with van der Waals surface area (Å²) in [6.07, 6.45) is 4.89. The predicted octanol–water partition coefficient (Wildman–Crippen LogP) is 1.44. The second-order valence-corrected chi connectivity index (χ2v) is 8.40. The highest BCUT2D eigenvalue weighted by molar-refractivity contribution is 7.93. The van der Waals surface area contributed by atoms with E-state index in [1.54, 1.807) is 10.9 Å². The summed E-state index contributed by atoms with van der Waals surface area (Å²) >= 11 is 0. The number of rotatable bonds is 3. The summed E-state index contributed by atoms with van der Waals surface area (Å²) in [5.41, 5.74) is 2.95. The Hall–Kier alpha value is -3.04. The number of anilines is 1. The Labute approximate surface area is 170 Å². The number of nitrogens with one attached hydrogen (secondary N) is 1. The lowest BCUT2D eigenvalue weighted by atomic mass is 10.0. The Kier molecular flexibility index (Phi) is 4.40. The van der Waals surface area contributed by atoms with Crippen LogP contribution in [-0.2, 0) is 15.8 Å². The van der Waals surface area contributed by atoms with E-state index in [1.807, 2.05) is 24.4 Å². The second-order valence-electron chi connectivity index (χ2n) is 7.24. The maximum absolute atomic E-state index is 12.1. The molecule has 1 atom stereocenters. The fraction of sp³-hybridized carbons (Fsp3) is 0.250. The molecule has 2 aliphatic rings. The average Bonchev–Trinajstić information content (AvgIpc) is 3.30. The summed E-state index contributed by atoms with van der Waals surface area (Å²) in [6, 6.07) is 10.1. The molecule has 0 saturated carbocycles. The van der Waals surface area contributed by atoms with Gasteiger partial charge < -0.3 is 9.80 Å². The lowest BCUT2D eigenvalue weighted by molar-refractivity contribution is -0.114. The Balaban J connectivity index is 1.47. The molecule has 0 bridgehead atoms. The Bertz CT molecular complexity index is 1160. The van der Waals surface area contributed by atoms with Crippen LogP contribution in [0, 0.1) is 0 Å². The maximum atomic E-state index is 12.1. The van der Waals surface area contributed by atoms with Gasteiger partial charge in [-0.05, 0) is 42.4 Å². The van der Waals surface area contributed by atoms with Gasteiger partial charge in [-0.25, -0.2) is 13.9 Å². The van der Waals surface area contributed by atoms with Gasteiger partial charge in [0.2, 0.25) is 0 Å². The van der Waals surface area contributed by atoms with E-state index in [4.69, 9.17) is 0 Å². The lowest BCUT2D eigenvalue weighted by Gasteiger charge is -2.33. The van der Waals surface area contributed by atoms with Gasteiger partial charge in [0.05, 0.1) is 11.7 Å². The molecule has 0 spiro atoms. The van der Waals surface area contributed by atoms with Crippen molar-refractivity contribution < 1.29 is 9.00 Å². The van der Waals surface area contributed by atoms with E-state index in [0.717, 1.165) is 54.0 Å². The Morgan fingerprint density at radius 1 is 1.07 bits per heavy atom.